The lowest BCUT2D eigenvalue weighted by Crippen LogP contribution is -2.33. The van der Waals surface area contributed by atoms with E-state index in [4.69, 9.17) is 5.26 Å². The van der Waals surface area contributed by atoms with Crippen LogP contribution in [0.4, 0.5) is 5.82 Å². The van der Waals surface area contributed by atoms with Gasteiger partial charge in [-0.15, -0.1) is 0 Å². The fourth-order valence-electron chi connectivity index (χ4n) is 1.29. The molecule has 1 heterocycles. The third-order valence-electron chi connectivity index (χ3n) is 2.47. The van der Waals surface area contributed by atoms with Gasteiger partial charge in [-0.05, 0) is 13.3 Å². The molecule has 0 radical (unpaired) electrons. The SMILES string of the molecule is CCC(C)NC(=O)CCNc1nccnc1C#N. The molecule has 0 fully saturated rings. The molecule has 0 bridgehead atoms. The zero-order chi connectivity index (χ0) is 13.4. The van der Waals surface area contributed by atoms with Gasteiger partial charge in [0.1, 0.15) is 6.07 Å². The molecule has 6 nitrogen and oxygen atoms in total. The summed E-state index contributed by atoms with van der Waals surface area (Å²) in [5.41, 5.74) is 0.236. The Morgan fingerprint density at radius 1 is 1.50 bits per heavy atom. The van der Waals surface area contributed by atoms with E-state index >= 15 is 0 Å². The number of nitrogens with one attached hydrogen (secondary N) is 2. The van der Waals surface area contributed by atoms with E-state index in [1.165, 1.54) is 12.4 Å². The standard InChI is InChI=1S/C12H17N5O/c1-3-9(2)17-11(18)4-5-15-12-10(8-13)14-6-7-16-12/h6-7,9H,3-5H2,1-2H3,(H,15,16)(H,17,18). The van der Waals surface area contributed by atoms with Crippen molar-refractivity contribution in [3.05, 3.63) is 18.1 Å². The molecule has 0 spiro atoms. The van der Waals surface area contributed by atoms with E-state index in [2.05, 4.69) is 20.6 Å². The molecule has 18 heavy (non-hydrogen) atoms. The summed E-state index contributed by atoms with van der Waals surface area (Å²) < 4.78 is 0. The highest BCUT2D eigenvalue weighted by Gasteiger charge is 2.07. The molecule has 96 valence electrons. The molecule has 2 N–H and O–H groups in total. The molecule has 0 saturated heterocycles. The van der Waals surface area contributed by atoms with Crippen molar-refractivity contribution in [2.75, 3.05) is 11.9 Å². The van der Waals surface area contributed by atoms with Crippen molar-refractivity contribution < 1.29 is 4.79 Å². The van der Waals surface area contributed by atoms with Gasteiger partial charge >= 0.3 is 0 Å². The first kappa shape index (κ1) is 13.9. The maximum Gasteiger partial charge on any atom is 0.221 e. The van der Waals surface area contributed by atoms with Crippen molar-refractivity contribution in [3.8, 4) is 6.07 Å². The Kier molecular flexibility index (Phi) is 5.58. The van der Waals surface area contributed by atoms with E-state index in [-0.39, 0.29) is 17.6 Å². The molecule has 1 rings (SSSR count). The Bertz CT molecular complexity index is 440. The lowest BCUT2D eigenvalue weighted by atomic mass is 10.2. The second-order valence-electron chi connectivity index (χ2n) is 3.92. The highest BCUT2D eigenvalue weighted by molar-refractivity contribution is 5.76. The molecule has 1 unspecified atom stereocenters. The topological polar surface area (TPSA) is 90.7 Å². The molecule has 0 aromatic carbocycles. The molecule has 1 aromatic heterocycles. The van der Waals surface area contributed by atoms with Crippen LogP contribution in [0.5, 0.6) is 0 Å². The summed E-state index contributed by atoms with van der Waals surface area (Å²) in [4.78, 5) is 19.4. The maximum atomic E-state index is 11.5. The van der Waals surface area contributed by atoms with E-state index in [1.807, 2.05) is 19.9 Å². The predicted molar refractivity (Wildman–Crippen MR) is 67.7 cm³/mol. The van der Waals surface area contributed by atoms with Crippen LogP contribution < -0.4 is 10.6 Å². The first-order valence-corrected chi connectivity index (χ1v) is 5.91. The zero-order valence-electron chi connectivity index (χ0n) is 10.6. The number of hydrogen-bond acceptors (Lipinski definition) is 5. The second-order valence-corrected chi connectivity index (χ2v) is 3.92. The van der Waals surface area contributed by atoms with Crippen molar-refractivity contribution in [3.63, 3.8) is 0 Å². The molecule has 1 amide bonds. The molecule has 6 heteroatoms. The van der Waals surface area contributed by atoms with Gasteiger partial charge in [-0.3, -0.25) is 4.79 Å². The van der Waals surface area contributed by atoms with Gasteiger partial charge in [-0.2, -0.15) is 5.26 Å². The number of carbonyl (C=O) groups is 1. The van der Waals surface area contributed by atoms with Crippen molar-refractivity contribution in [1.29, 1.82) is 5.26 Å². The smallest absolute Gasteiger partial charge is 0.221 e. The number of nitriles is 1. The van der Waals surface area contributed by atoms with Crippen molar-refractivity contribution >= 4 is 11.7 Å². The first-order valence-electron chi connectivity index (χ1n) is 5.91. The van der Waals surface area contributed by atoms with Crippen LogP contribution in [-0.4, -0.2) is 28.5 Å². The monoisotopic (exact) mass is 247 g/mol. The summed E-state index contributed by atoms with van der Waals surface area (Å²) in [6.07, 6.45) is 4.20. The van der Waals surface area contributed by atoms with Gasteiger partial charge in [-0.25, -0.2) is 9.97 Å². The molecular formula is C12H17N5O. The molecule has 0 aliphatic rings. The Balaban J connectivity index is 2.38. The summed E-state index contributed by atoms with van der Waals surface area (Å²) in [7, 11) is 0. The quantitative estimate of drug-likeness (QED) is 0.784. The number of hydrogen-bond donors (Lipinski definition) is 2. The van der Waals surface area contributed by atoms with Gasteiger partial charge in [0.05, 0.1) is 0 Å². The number of nitrogens with zero attached hydrogens (tertiary/aromatic N) is 3. The van der Waals surface area contributed by atoms with Gasteiger partial charge in [-0.1, -0.05) is 6.92 Å². The van der Waals surface area contributed by atoms with Crippen LogP contribution >= 0.6 is 0 Å². The van der Waals surface area contributed by atoms with Crippen LogP contribution in [0.15, 0.2) is 12.4 Å². The number of anilines is 1. The van der Waals surface area contributed by atoms with E-state index in [0.29, 0.717) is 18.8 Å². The molecule has 0 saturated carbocycles. The van der Waals surface area contributed by atoms with Crippen LogP contribution in [0.3, 0.4) is 0 Å². The summed E-state index contributed by atoms with van der Waals surface area (Å²) >= 11 is 0. The highest BCUT2D eigenvalue weighted by atomic mass is 16.1. The third kappa shape index (κ3) is 4.37. The van der Waals surface area contributed by atoms with Crippen LogP contribution in [0.25, 0.3) is 0 Å². The summed E-state index contributed by atoms with van der Waals surface area (Å²) in [6.45, 7) is 4.40. The molecule has 0 aliphatic heterocycles. The largest absolute Gasteiger partial charge is 0.367 e. The van der Waals surface area contributed by atoms with E-state index < -0.39 is 0 Å². The normalized spacial score (nSPS) is 11.4. The van der Waals surface area contributed by atoms with Gasteiger partial charge in [0, 0.05) is 31.4 Å². The minimum absolute atomic E-state index is 0.0146. The van der Waals surface area contributed by atoms with Gasteiger partial charge in [0.2, 0.25) is 5.91 Å². The molecule has 0 aliphatic carbocycles. The number of rotatable bonds is 6. The lowest BCUT2D eigenvalue weighted by Gasteiger charge is -2.11. The lowest BCUT2D eigenvalue weighted by molar-refractivity contribution is -0.121. The Morgan fingerprint density at radius 2 is 2.22 bits per heavy atom. The van der Waals surface area contributed by atoms with Crippen LogP contribution in [-0.2, 0) is 4.79 Å². The molecule has 1 aromatic rings. The van der Waals surface area contributed by atoms with Gasteiger partial charge in [0.25, 0.3) is 0 Å². The van der Waals surface area contributed by atoms with Crippen LogP contribution in [0, 0.1) is 11.3 Å². The molecule has 1 atom stereocenters. The van der Waals surface area contributed by atoms with Gasteiger partial charge < -0.3 is 10.6 Å². The summed E-state index contributed by atoms with van der Waals surface area (Å²) in [6, 6.07) is 2.12. The first-order chi connectivity index (χ1) is 8.67. The Hall–Kier alpha value is -2.16. The predicted octanol–water partition coefficient (Wildman–Crippen LogP) is 1.06. The third-order valence-corrected chi connectivity index (χ3v) is 2.47. The fourth-order valence-corrected chi connectivity index (χ4v) is 1.29. The number of amides is 1. The van der Waals surface area contributed by atoms with Crippen molar-refractivity contribution in [2.45, 2.75) is 32.7 Å². The number of aromatic nitrogens is 2. The van der Waals surface area contributed by atoms with Crippen molar-refractivity contribution in [1.82, 2.24) is 15.3 Å². The highest BCUT2D eigenvalue weighted by Crippen LogP contribution is 2.05. The van der Waals surface area contributed by atoms with Crippen LogP contribution in [0.2, 0.25) is 0 Å². The van der Waals surface area contributed by atoms with E-state index in [9.17, 15) is 4.79 Å². The number of carbonyl (C=O) groups excluding carboxylic acids is 1. The van der Waals surface area contributed by atoms with Gasteiger partial charge in [0.15, 0.2) is 11.5 Å². The van der Waals surface area contributed by atoms with E-state index in [1.54, 1.807) is 0 Å². The minimum Gasteiger partial charge on any atom is -0.367 e. The Morgan fingerprint density at radius 3 is 2.89 bits per heavy atom. The Labute approximate surface area is 106 Å². The zero-order valence-corrected chi connectivity index (χ0v) is 10.6. The minimum atomic E-state index is -0.0146. The molecular weight excluding hydrogens is 230 g/mol. The second kappa shape index (κ2) is 7.22. The average Bonchev–Trinajstić information content (AvgIpc) is 2.39. The van der Waals surface area contributed by atoms with Crippen molar-refractivity contribution in [2.24, 2.45) is 0 Å². The fraction of sp³-hybridized carbons (Fsp3) is 0.500. The summed E-state index contributed by atoms with van der Waals surface area (Å²) in [5.74, 6) is 0.399. The average molecular weight is 247 g/mol. The van der Waals surface area contributed by atoms with E-state index in [0.717, 1.165) is 6.42 Å². The van der Waals surface area contributed by atoms with Crippen LogP contribution in [0.1, 0.15) is 32.4 Å². The summed E-state index contributed by atoms with van der Waals surface area (Å²) in [5, 5.41) is 14.6. The maximum absolute atomic E-state index is 11.5.